The van der Waals surface area contributed by atoms with Gasteiger partial charge in [-0.3, -0.25) is 39.8 Å². The van der Waals surface area contributed by atoms with E-state index in [2.05, 4.69) is 31.4 Å². The van der Waals surface area contributed by atoms with Crippen molar-refractivity contribution in [2.75, 3.05) is 93.9 Å². The molecule has 32 nitrogen and oxygen atoms in total. The minimum Gasteiger partial charge on any atom is -0.504 e. The number of nitriles is 1. The molecular weight excluding hydrogens is 1740 g/mol. The highest BCUT2D eigenvalue weighted by Crippen LogP contribution is 2.68. The first-order valence-electron chi connectivity index (χ1n) is 42.7. The SMILES string of the molecule is C.C.C.COc1cc2c(cc1OC(=O)OCc1ccccc1)CCN[C@]21CS[C@@H]2c3c(OC(C)=O)c(C)c4c(c3[C@H](COC1=O)N1C2[C@H]2c3c(cc(C)c(OC)c3O)C[C@@H]([C@@H]1C#N)N2C)OCO4.COc1cc2c(cc1OC(=O)OCc1ccccc1)CCN[C@]21CS[C@@H]2c3c(OC(C)=O)c(C)c4c(c3[C@H](COC1=O)N1C2[C@H]2c3c(cc(C)c(OC)c3O)C[C@@H]([C@@H]1O)N2C)OCO4. The Kier molecular flexibility index (Phi) is 25.9. The molecular formula is C98H109N7O25S2. The number of aryl methyl sites for hydroxylation is 2. The Hall–Kier alpha value is -11.9. The van der Waals surface area contributed by atoms with Crippen molar-refractivity contribution in [3.63, 3.8) is 0 Å². The van der Waals surface area contributed by atoms with E-state index in [4.69, 9.17) is 75.8 Å². The number of phenolic OH excluding ortho intramolecular Hbond substituents is 2. The van der Waals surface area contributed by atoms with Gasteiger partial charge in [0, 0.05) is 101 Å². The van der Waals surface area contributed by atoms with Crippen molar-refractivity contribution in [3.8, 4) is 86.6 Å². The summed E-state index contributed by atoms with van der Waals surface area (Å²) in [5, 5.41) is 54.0. The number of likely N-dealkylation sites (N-methyl/N-ethyl adjacent to an activating group) is 2. The summed E-state index contributed by atoms with van der Waals surface area (Å²) < 4.78 is 95.4. The predicted octanol–water partition coefficient (Wildman–Crippen LogP) is 13.3. The molecule has 4 saturated heterocycles. The van der Waals surface area contributed by atoms with Crippen LogP contribution in [0, 0.1) is 39.0 Å². The number of phenols is 2. The third kappa shape index (κ3) is 15.0. The summed E-state index contributed by atoms with van der Waals surface area (Å²) in [6.07, 6.45) is -1.05. The molecule has 4 fully saturated rings. The number of hydrogen-bond acceptors (Lipinski definition) is 34. The number of aliphatic hydroxyl groups excluding tert-OH is 1. The van der Waals surface area contributed by atoms with E-state index in [0.717, 1.165) is 44.5 Å². The molecule has 8 bridgehead atoms. The number of rotatable bonds is 12. The molecule has 8 aromatic rings. The first kappa shape index (κ1) is 93.3. The molecule has 132 heavy (non-hydrogen) atoms. The molecule has 2 spiro atoms. The van der Waals surface area contributed by atoms with Crippen LogP contribution in [-0.4, -0.2) is 201 Å². The minimum absolute atomic E-state index is 0. The van der Waals surface area contributed by atoms with Crippen LogP contribution < -0.4 is 67.5 Å². The molecule has 8 aromatic carbocycles. The molecule has 0 aromatic heterocycles. The predicted molar refractivity (Wildman–Crippen MR) is 484 cm³/mol. The van der Waals surface area contributed by atoms with Gasteiger partial charge in [-0.15, -0.1) is 23.5 Å². The Morgan fingerprint density at radius 1 is 0.508 bits per heavy atom. The summed E-state index contributed by atoms with van der Waals surface area (Å²) in [4.78, 5) is 90.7. The number of hydrogen-bond donors (Lipinski definition) is 5. The third-order valence-corrected chi connectivity index (χ3v) is 30.4. The van der Waals surface area contributed by atoms with Gasteiger partial charge in [-0.1, -0.05) is 95.1 Å². The second-order valence-electron chi connectivity index (χ2n) is 34.2. The molecule has 14 aliphatic heterocycles. The maximum atomic E-state index is 15.1. The zero-order valence-electron chi connectivity index (χ0n) is 72.9. The third-order valence-electron chi connectivity index (χ3n) is 27.5. The van der Waals surface area contributed by atoms with Crippen LogP contribution in [-0.2, 0) is 88.1 Å². The number of methoxy groups -OCH3 is 4. The standard InChI is InChI=1S/C48H48N4O12S.C47H49N3O13S.3CH4/c1-23-14-28-15-30-31(18-49)52-32-20-59-46(55)48(29-17-33(57-5)34(16-27(29)12-13-50-48)64-47(56)60-19-26-10-8-7-9-11-26)21-65-45(39(52)38(51(30)4)35(28)40(54)41(23)58-6)37-36(32)44-43(61-22-62-44)24(2)42(37)63-25(3)53;1-22-14-27-15-29-44(53)50-30-19-58-45(54)47(28-17-31(56-5)32(16-26(28)12-13-48-47)63-46(55)59-18-25-10-8-7-9-11-25)20-64-43(37(50)36(49(29)4)33(27)38(52)39(22)57-6)35-34(30)42-41(60-21-61-42)23(2)40(35)62-24(3)51;;;/h7-11,14,16-17,30-32,38-39,45,50,54H,12-13,15,19-22H2,1-6H3;7-11,14,16-17,29-30,36-37,43-44,48,52-53H,12-13,15,18-21H2,1-6H3;3*1H4/t30-,31-,32-,38+,39?,45+,48+;29-,30-,36+,37?,43+,44-,47+;;;/m00.../s1. The number of aliphatic hydroxyl groups is 1. The zero-order chi connectivity index (χ0) is 90.2. The van der Waals surface area contributed by atoms with Gasteiger partial charge in [0.1, 0.15) is 50.2 Å². The van der Waals surface area contributed by atoms with Gasteiger partial charge >= 0.3 is 36.2 Å². The van der Waals surface area contributed by atoms with E-state index in [9.17, 15) is 39.8 Å². The first-order chi connectivity index (χ1) is 62.3. The van der Waals surface area contributed by atoms with Gasteiger partial charge < -0.3 is 91.1 Å². The Morgan fingerprint density at radius 3 is 1.33 bits per heavy atom. The summed E-state index contributed by atoms with van der Waals surface area (Å²) in [7, 11) is 9.89. The maximum Gasteiger partial charge on any atom is 0.514 e. The number of thioether (sulfide) groups is 2. The average Bonchev–Trinajstić information content (AvgIpc) is 0.968. The summed E-state index contributed by atoms with van der Waals surface area (Å²) in [6.45, 7) is 10.2. The van der Waals surface area contributed by atoms with Gasteiger partial charge in [0.15, 0.2) is 80.1 Å². The van der Waals surface area contributed by atoms with Gasteiger partial charge in [0.2, 0.25) is 13.6 Å². The van der Waals surface area contributed by atoms with Crippen molar-refractivity contribution in [2.45, 2.75) is 185 Å². The summed E-state index contributed by atoms with van der Waals surface area (Å²) in [6, 6.07) is 26.6. The van der Waals surface area contributed by atoms with Gasteiger partial charge in [0.05, 0.1) is 75.2 Å². The van der Waals surface area contributed by atoms with Crippen molar-refractivity contribution in [2.24, 2.45) is 0 Å². The minimum atomic E-state index is -1.46. The van der Waals surface area contributed by atoms with Crippen LogP contribution >= 0.6 is 23.5 Å². The highest BCUT2D eigenvalue weighted by Gasteiger charge is 2.65. The van der Waals surface area contributed by atoms with Gasteiger partial charge in [-0.25, -0.2) is 19.2 Å². The van der Waals surface area contributed by atoms with Gasteiger partial charge in [-0.05, 0) is 147 Å². The number of carbonyl (C=O) groups is 6. The lowest BCUT2D eigenvalue weighted by Gasteiger charge is -2.62. The van der Waals surface area contributed by atoms with Crippen LogP contribution in [0.25, 0.3) is 0 Å². The summed E-state index contributed by atoms with van der Waals surface area (Å²) in [5.74, 6) is 1.70. The van der Waals surface area contributed by atoms with Crippen molar-refractivity contribution in [3.05, 3.63) is 197 Å². The molecule has 0 radical (unpaired) electrons. The second-order valence-corrected chi connectivity index (χ2v) is 36.5. The number of benzene rings is 8. The average molecular weight is 1850 g/mol. The lowest BCUT2D eigenvalue weighted by Crippen LogP contribution is -2.70. The fraction of sp³-hybridized carbons (Fsp3) is 0.439. The molecule has 22 rings (SSSR count). The number of aromatic hydroxyl groups is 2. The highest BCUT2D eigenvalue weighted by molar-refractivity contribution is 7.99. The van der Waals surface area contributed by atoms with E-state index in [1.807, 2.05) is 119 Å². The van der Waals surface area contributed by atoms with Gasteiger partial charge in [-0.2, -0.15) is 5.26 Å². The normalized spacial score (nSPS) is 25.7. The summed E-state index contributed by atoms with van der Waals surface area (Å²) in [5.41, 5.74) is 9.65. The fourth-order valence-corrected chi connectivity index (χ4v) is 25.4. The van der Waals surface area contributed by atoms with Crippen LogP contribution in [0.2, 0.25) is 0 Å². The van der Waals surface area contributed by atoms with Crippen LogP contribution in [0.3, 0.4) is 0 Å². The highest BCUT2D eigenvalue weighted by atomic mass is 32.2. The van der Waals surface area contributed by atoms with E-state index >= 15 is 9.59 Å². The zero-order valence-corrected chi connectivity index (χ0v) is 74.6. The van der Waals surface area contributed by atoms with Gasteiger partial charge in [0.25, 0.3) is 0 Å². The Labute approximate surface area is 773 Å². The molecule has 14 aliphatic rings. The van der Waals surface area contributed by atoms with Crippen molar-refractivity contribution >= 4 is 59.7 Å². The van der Waals surface area contributed by atoms with Crippen molar-refractivity contribution in [1.82, 2.24) is 30.2 Å². The fourth-order valence-electron chi connectivity index (χ4n) is 22.0. The number of nitrogens with one attached hydrogen (secondary N) is 2. The van der Waals surface area contributed by atoms with E-state index < -0.39 is 112 Å². The molecule has 14 heterocycles. The van der Waals surface area contributed by atoms with E-state index in [0.29, 0.717) is 140 Å². The smallest absolute Gasteiger partial charge is 0.504 e. The number of esters is 4. The second kappa shape index (κ2) is 36.6. The van der Waals surface area contributed by atoms with Crippen molar-refractivity contribution < 1.29 is 120 Å². The quantitative estimate of drug-likeness (QED) is 0.0328. The lowest BCUT2D eigenvalue weighted by atomic mass is 9.71. The lowest BCUT2D eigenvalue weighted by molar-refractivity contribution is -0.186. The maximum absolute atomic E-state index is 15.1. The van der Waals surface area contributed by atoms with E-state index in [-0.39, 0.29) is 114 Å². The molecule has 14 atom stereocenters. The van der Waals surface area contributed by atoms with Crippen LogP contribution in [0.1, 0.15) is 171 Å². The number of piperazine rings is 2. The van der Waals surface area contributed by atoms with E-state index in [1.165, 1.54) is 65.8 Å². The first-order valence-corrected chi connectivity index (χ1v) is 44.8. The monoisotopic (exact) mass is 1850 g/mol. The molecule has 0 amide bonds. The Balaban J connectivity index is 0.000000188. The number of carbonyl (C=O) groups excluding carboxylic acids is 6. The van der Waals surface area contributed by atoms with Crippen LogP contribution in [0.5, 0.6) is 80.5 Å². The largest absolute Gasteiger partial charge is 0.514 e. The summed E-state index contributed by atoms with van der Waals surface area (Å²) >= 11 is 2.89. The van der Waals surface area contributed by atoms with E-state index in [1.54, 1.807) is 24.3 Å². The molecule has 0 aliphatic carbocycles. The number of fused-ring (bicyclic) bond motifs is 18. The molecule has 5 N–H and O–H groups in total. The number of nitrogens with zero attached hydrogens (tertiary/aromatic N) is 5. The Morgan fingerprint density at radius 2 is 0.917 bits per heavy atom. The molecule has 0 saturated carbocycles. The van der Waals surface area contributed by atoms with Crippen molar-refractivity contribution in [1.29, 1.82) is 5.26 Å². The molecule has 698 valence electrons. The number of ether oxygens (including phenoxy) is 16. The van der Waals surface area contributed by atoms with Crippen LogP contribution in [0.15, 0.2) is 97.1 Å². The molecule has 34 heteroatoms. The topological polar surface area (TPSA) is 372 Å². The molecule has 2 unspecified atom stereocenters. The van der Waals surface area contributed by atoms with Crippen LogP contribution in [0.4, 0.5) is 9.59 Å². The Bertz CT molecular complexity index is 6000.